The molecule has 0 spiro atoms. The molecule has 0 bridgehead atoms. The highest BCUT2D eigenvalue weighted by Crippen LogP contribution is 2.22. The lowest BCUT2D eigenvalue weighted by Gasteiger charge is -2.01. The molecule has 8 N–H and O–H groups in total. The fourth-order valence-corrected chi connectivity index (χ4v) is 5.18. The van der Waals surface area contributed by atoms with Crippen LogP contribution in [0.2, 0.25) is 0 Å². The average Bonchev–Trinajstić information content (AvgIpc) is 3.59. The first-order valence-corrected chi connectivity index (χ1v) is 13.5. The molecule has 0 aliphatic rings. The predicted octanol–water partition coefficient (Wildman–Crippen LogP) is 0.397. The number of carbonyl (C=O) groups is 2. The molecule has 0 aromatic carbocycles. The number of aromatic nitrogens is 4. The summed E-state index contributed by atoms with van der Waals surface area (Å²) in [4.78, 5) is 35.5. The lowest BCUT2D eigenvalue weighted by molar-refractivity contribution is -0.138. The molecule has 43 heavy (non-hydrogen) atoms. The molecule has 0 amide bonds. The number of aromatic amines is 4. The molecule has 0 radical (unpaired) electrons. The summed E-state index contributed by atoms with van der Waals surface area (Å²) in [5.74, 6) is -1.96. The second-order valence-corrected chi connectivity index (χ2v) is 10.3. The summed E-state index contributed by atoms with van der Waals surface area (Å²) in [5.41, 5.74) is 11.6. The molecule has 4 heterocycles. The van der Waals surface area contributed by atoms with E-state index in [-0.39, 0.29) is 37.4 Å². The van der Waals surface area contributed by atoms with Crippen molar-refractivity contribution in [1.82, 2.24) is 19.9 Å². The standard InChI is InChI=1S/C33H34N4O6/c1-7-20-19(6)32(42)37-27(20)14-25-18(5)23(10-12-31(40)41)29(35-25)15-28-22(9-11-30(38)39)17(4)24(34-28)13-26-16(3)21(8-2)33(43)36-26/h8,14-15,34-37,42-43H,1-3,9-12H2,4-6H3,(H,38,39)(H,40,41). The van der Waals surface area contributed by atoms with Crippen LogP contribution in [0.3, 0.4) is 0 Å². The maximum atomic E-state index is 11.5. The minimum Gasteiger partial charge on any atom is -0.494 e. The Morgan fingerprint density at radius 2 is 1.42 bits per heavy atom. The van der Waals surface area contributed by atoms with Crippen LogP contribution in [0.15, 0.2) is 13.2 Å². The second-order valence-electron chi connectivity index (χ2n) is 10.3. The van der Waals surface area contributed by atoms with E-state index in [4.69, 9.17) is 0 Å². The van der Waals surface area contributed by atoms with E-state index < -0.39 is 11.9 Å². The van der Waals surface area contributed by atoms with Gasteiger partial charge in [-0.3, -0.25) is 9.59 Å². The summed E-state index contributed by atoms with van der Waals surface area (Å²) < 4.78 is 0. The van der Waals surface area contributed by atoms with Gasteiger partial charge in [0.25, 0.3) is 0 Å². The van der Waals surface area contributed by atoms with Crippen molar-refractivity contribution in [3.8, 4) is 11.8 Å². The number of carboxylic acids is 2. The summed E-state index contributed by atoms with van der Waals surface area (Å²) in [6.45, 7) is 16.9. The van der Waals surface area contributed by atoms with E-state index >= 15 is 0 Å². The molecule has 4 aromatic heterocycles. The van der Waals surface area contributed by atoms with Gasteiger partial charge in [0.05, 0.1) is 16.0 Å². The van der Waals surface area contributed by atoms with Crippen molar-refractivity contribution in [2.24, 2.45) is 0 Å². The molecule has 0 atom stereocenters. The number of H-pyrrole nitrogens is 4. The summed E-state index contributed by atoms with van der Waals surface area (Å²) in [7, 11) is 0. The van der Waals surface area contributed by atoms with Crippen LogP contribution >= 0.6 is 0 Å². The van der Waals surface area contributed by atoms with E-state index in [2.05, 4.69) is 51.1 Å². The number of aliphatic carboxylic acids is 2. The van der Waals surface area contributed by atoms with E-state index in [0.29, 0.717) is 54.3 Å². The minimum atomic E-state index is -0.944. The zero-order valence-electron chi connectivity index (χ0n) is 24.3. The SMILES string of the molecule is C=C=c1c(C)c(O)[nH]c1=Cc1[nH]c(C=c2[nH]c(=C=c3[nH]c(O)c(C=C)c3=C)c(C)c2CCC(=O)O)c(CCC(=O)O)c1C. The van der Waals surface area contributed by atoms with Crippen molar-refractivity contribution in [1.29, 1.82) is 0 Å². The van der Waals surface area contributed by atoms with Crippen molar-refractivity contribution in [2.45, 2.75) is 46.5 Å². The third-order valence-electron chi connectivity index (χ3n) is 7.63. The van der Waals surface area contributed by atoms with Crippen LogP contribution in [0.25, 0.3) is 36.3 Å². The van der Waals surface area contributed by atoms with Gasteiger partial charge in [0.1, 0.15) is 0 Å². The van der Waals surface area contributed by atoms with Crippen LogP contribution in [0.1, 0.15) is 57.6 Å². The van der Waals surface area contributed by atoms with Gasteiger partial charge < -0.3 is 40.4 Å². The molecular weight excluding hydrogens is 548 g/mol. The van der Waals surface area contributed by atoms with Gasteiger partial charge in [-0.25, -0.2) is 0 Å². The molecule has 0 saturated carbocycles. The van der Waals surface area contributed by atoms with Crippen molar-refractivity contribution in [2.75, 3.05) is 0 Å². The van der Waals surface area contributed by atoms with Crippen LogP contribution in [0.5, 0.6) is 11.8 Å². The third-order valence-corrected chi connectivity index (χ3v) is 7.63. The summed E-state index contributed by atoms with van der Waals surface area (Å²) in [6, 6.07) is 0. The quantitative estimate of drug-likeness (QED) is 0.142. The Kier molecular flexibility index (Phi) is 8.57. The molecule has 0 aliphatic heterocycles. The molecule has 10 nitrogen and oxygen atoms in total. The number of hydrogen-bond donors (Lipinski definition) is 8. The van der Waals surface area contributed by atoms with Crippen molar-refractivity contribution >= 4 is 48.2 Å². The Morgan fingerprint density at radius 1 is 0.791 bits per heavy atom. The zero-order valence-corrected chi connectivity index (χ0v) is 24.3. The number of hydrogen-bond acceptors (Lipinski definition) is 4. The van der Waals surface area contributed by atoms with Crippen molar-refractivity contribution in [3.05, 3.63) is 89.8 Å². The molecule has 0 saturated heterocycles. The molecule has 0 aliphatic carbocycles. The Hall–Kier alpha value is -5.56. The van der Waals surface area contributed by atoms with Gasteiger partial charge in [0.15, 0.2) is 11.8 Å². The molecule has 0 unspecified atom stereocenters. The summed E-state index contributed by atoms with van der Waals surface area (Å²) in [5, 5.41) is 42.6. The topological polar surface area (TPSA) is 178 Å². The van der Waals surface area contributed by atoms with Gasteiger partial charge in [-0.2, -0.15) is 0 Å². The molecule has 0 fully saturated rings. The smallest absolute Gasteiger partial charge is 0.303 e. The fourth-order valence-electron chi connectivity index (χ4n) is 5.18. The number of rotatable bonds is 9. The highest BCUT2D eigenvalue weighted by atomic mass is 16.4. The zero-order chi connectivity index (χ0) is 31.6. The average molecular weight is 583 g/mol. The normalized spacial score (nSPS) is 12.0. The van der Waals surface area contributed by atoms with Crippen LogP contribution < -0.4 is 31.8 Å². The van der Waals surface area contributed by atoms with Gasteiger partial charge >= 0.3 is 11.9 Å². The Morgan fingerprint density at radius 3 is 2.00 bits per heavy atom. The highest BCUT2D eigenvalue weighted by molar-refractivity contribution is 5.69. The first-order valence-electron chi connectivity index (χ1n) is 13.5. The van der Waals surface area contributed by atoms with Crippen LogP contribution in [0.4, 0.5) is 0 Å². The van der Waals surface area contributed by atoms with Gasteiger partial charge in [0.2, 0.25) is 0 Å². The van der Waals surface area contributed by atoms with E-state index in [1.807, 2.05) is 19.9 Å². The first kappa shape index (κ1) is 30.4. The van der Waals surface area contributed by atoms with Gasteiger partial charge in [-0.05, 0) is 68.0 Å². The van der Waals surface area contributed by atoms with E-state index in [0.717, 1.165) is 22.3 Å². The molecular formula is C33H34N4O6. The van der Waals surface area contributed by atoms with Gasteiger partial charge in [-0.15, -0.1) is 5.73 Å². The van der Waals surface area contributed by atoms with E-state index in [1.165, 1.54) is 6.08 Å². The molecule has 4 aromatic rings. The molecule has 10 heteroatoms. The fraction of sp³-hybridized carbons (Fsp3) is 0.212. The Labute approximate surface area is 246 Å². The minimum absolute atomic E-state index is 0.00509. The van der Waals surface area contributed by atoms with Crippen molar-refractivity contribution in [3.63, 3.8) is 0 Å². The maximum absolute atomic E-state index is 11.5. The number of aromatic hydroxyl groups is 2. The van der Waals surface area contributed by atoms with Gasteiger partial charge in [-0.1, -0.05) is 31.5 Å². The van der Waals surface area contributed by atoms with Crippen molar-refractivity contribution < 1.29 is 30.0 Å². The summed E-state index contributed by atoms with van der Waals surface area (Å²) >= 11 is 0. The third kappa shape index (κ3) is 6.06. The summed E-state index contributed by atoms with van der Waals surface area (Å²) in [6.07, 6.45) is 5.42. The number of carboxylic acid groups (broad SMARTS) is 2. The lowest BCUT2D eigenvalue weighted by atomic mass is 10.0. The van der Waals surface area contributed by atoms with Crippen LogP contribution in [-0.4, -0.2) is 52.3 Å². The Bertz CT molecular complexity index is 2180. The van der Waals surface area contributed by atoms with Gasteiger partial charge in [0, 0.05) is 51.1 Å². The highest BCUT2D eigenvalue weighted by Gasteiger charge is 2.16. The Balaban J connectivity index is 2.05. The van der Waals surface area contributed by atoms with Crippen LogP contribution in [-0.2, 0) is 22.4 Å². The second kappa shape index (κ2) is 12.1. The lowest BCUT2D eigenvalue weighted by Crippen LogP contribution is -2.24. The maximum Gasteiger partial charge on any atom is 0.303 e. The van der Waals surface area contributed by atoms with E-state index in [1.54, 1.807) is 13.0 Å². The number of nitrogens with one attached hydrogen (secondary N) is 4. The molecule has 222 valence electrons. The largest absolute Gasteiger partial charge is 0.494 e. The predicted molar refractivity (Wildman–Crippen MR) is 165 cm³/mol. The first-order chi connectivity index (χ1) is 20.4. The van der Waals surface area contributed by atoms with E-state index in [9.17, 15) is 30.0 Å². The monoisotopic (exact) mass is 582 g/mol. The van der Waals surface area contributed by atoms with Crippen LogP contribution in [0, 0.1) is 20.8 Å². The molecule has 4 rings (SSSR count).